The van der Waals surface area contributed by atoms with Crippen molar-refractivity contribution < 1.29 is 9.53 Å². The molecule has 0 spiro atoms. The summed E-state index contributed by atoms with van der Waals surface area (Å²) in [5, 5.41) is 2.90. The average Bonchev–Trinajstić information content (AvgIpc) is 2.53. The lowest BCUT2D eigenvalue weighted by atomic mass is 10.1. The van der Waals surface area contributed by atoms with E-state index in [0.29, 0.717) is 24.3 Å². The smallest absolute Gasteiger partial charge is 0.224 e. The van der Waals surface area contributed by atoms with Gasteiger partial charge in [0.2, 0.25) is 5.91 Å². The Balaban J connectivity index is 1.88. The maximum Gasteiger partial charge on any atom is 0.224 e. The third-order valence-corrected chi connectivity index (χ3v) is 3.60. The molecule has 0 saturated carbocycles. The largest absolute Gasteiger partial charge is 0.495 e. The first-order valence-corrected chi connectivity index (χ1v) is 7.49. The number of hydrogen-bond acceptors (Lipinski definition) is 4. The van der Waals surface area contributed by atoms with Crippen LogP contribution < -0.4 is 20.7 Å². The highest BCUT2D eigenvalue weighted by Crippen LogP contribution is 2.22. The topological polar surface area (TPSA) is 67.6 Å². The predicted molar refractivity (Wildman–Crippen MR) is 95.1 cm³/mol. The Kier molecular flexibility index (Phi) is 5.46. The van der Waals surface area contributed by atoms with Crippen LogP contribution in [0.5, 0.6) is 5.75 Å². The first-order valence-electron chi connectivity index (χ1n) is 7.49. The zero-order valence-corrected chi connectivity index (χ0v) is 13.8. The standard InChI is InChI=1S/C18H23N3O2/c1-21(2)15-8-6-14(7-9-15)20-18(22)11-5-13-4-10-17(23-3)16(19)12-13/h4,6-10,12H,5,11,19H2,1-3H3,(H,20,22). The molecule has 0 fully saturated rings. The highest BCUT2D eigenvalue weighted by molar-refractivity contribution is 5.91. The Morgan fingerprint density at radius 1 is 1.17 bits per heavy atom. The fourth-order valence-electron chi connectivity index (χ4n) is 2.26. The first-order chi connectivity index (χ1) is 11.0. The normalized spacial score (nSPS) is 10.2. The Bertz CT molecular complexity index is 666. The van der Waals surface area contributed by atoms with Crippen LogP contribution in [-0.4, -0.2) is 27.1 Å². The van der Waals surface area contributed by atoms with E-state index in [9.17, 15) is 4.79 Å². The molecule has 2 rings (SSSR count). The van der Waals surface area contributed by atoms with Gasteiger partial charge in [0.15, 0.2) is 0 Å². The van der Waals surface area contributed by atoms with Gasteiger partial charge < -0.3 is 20.7 Å². The van der Waals surface area contributed by atoms with Gasteiger partial charge in [-0.1, -0.05) is 6.07 Å². The molecule has 5 heteroatoms. The number of carbonyl (C=O) groups is 1. The summed E-state index contributed by atoms with van der Waals surface area (Å²) in [7, 11) is 5.54. The number of nitrogens with one attached hydrogen (secondary N) is 1. The lowest BCUT2D eigenvalue weighted by molar-refractivity contribution is -0.116. The van der Waals surface area contributed by atoms with E-state index in [0.717, 1.165) is 16.9 Å². The minimum atomic E-state index is -0.0167. The molecule has 0 heterocycles. The number of aryl methyl sites for hydroxylation is 1. The van der Waals surface area contributed by atoms with E-state index >= 15 is 0 Å². The van der Waals surface area contributed by atoms with Crippen LogP contribution in [0.4, 0.5) is 17.1 Å². The first kappa shape index (κ1) is 16.7. The molecule has 0 aliphatic carbocycles. The highest BCUT2D eigenvalue weighted by atomic mass is 16.5. The summed E-state index contributed by atoms with van der Waals surface area (Å²) in [5.74, 6) is 0.635. The van der Waals surface area contributed by atoms with Gasteiger partial charge in [0, 0.05) is 31.9 Å². The van der Waals surface area contributed by atoms with Gasteiger partial charge in [-0.2, -0.15) is 0 Å². The number of amides is 1. The van der Waals surface area contributed by atoms with Crippen molar-refractivity contribution in [2.75, 3.05) is 37.2 Å². The van der Waals surface area contributed by atoms with Crippen molar-refractivity contribution in [1.82, 2.24) is 0 Å². The van der Waals surface area contributed by atoms with E-state index in [1.807, 2.05) is 61.5 Å². The van der Waals surface area contributed by atoms with Crippen LogP contribution >= 0.6 is 0 Å². The molecular formula is C18H23N3O2. The van der Waals surface area contributed by atoms with Crippen molar-refractivity contribution in [3.63, 3.8) is 0 Å². The molecular weight excluding hydrogens is 290 g/mol. The van der Waals surface area contributed by atoms with Gasteiger partial charge in [-0.15, -0.1) is 0 Å². The fourth-order valence-corrected chi connectivity index (χ4v) is 2.26. The molecule has 2 aromatic rings. The Hall–Kier alpha value is -2.69. The Morgan fingerprint density at radius 3 is 2.43 bits per heavy atom. The van der Waals surface area contributed by atoms with E-state index in [-0.39, 0.29) is 5.91 Å². The Morgan fingerprint density at radius 2 is 1.87 bits per heavy atom. The maximum absolute atomic E-state index is 12.0. The van der Waals surface area contributed by atoms with Crippen molar-refractivity contribution in [1.29, 1.82) is 0 Å². The molecule has 5 nitrogen and oxygen atoms in total. The highest BCUT2D eigenvalue weighted by Gasteiger charge is 2.06. The summed E-state index contributed by atoms with van der Waals surface area (Å²) in [6.45, 7) is 0. The molecule has 1 amide bonds. The second kappa shape index (κ2) is 7.54. The molecule has 0 unspecified atom stereocenters. The SMILES string of the molecule is COc1ccc(CCC(=O)Nc2ccc(N(C)C)cc2)cc1N. The summed E-state index contributed by atoms with van der Waals surface area (Å²) in [6.07, 6.45) is 1.04. The summed E-state index contributed by atoms with van der Waals surface area (Å²) < 4.78 is 5.12. The minimum absolute atomic E-state index is 0.0167. The number of methoxy groups -OCH3 is 1. The molecule has 0 aromatic heterocycles. The second-order valence-electron chi connectivity index (χ2n) is 5.57. The van der Waals surface area contributed by atoms with Gasteiger partial charge in [-0.3, -0.25) is 4.79 Å². The Labute approximate surface area is 137 Å². The van der Waals surface area contributed by atoms with Gasteiger partial charge in [-0.05, 0) is 48.4 Å². The van der Waals surface area contributed by atoms with Gasteiger partial charge in [0.05, 0.1) is 12.8 Å². The molecule has 0 saturated heterocycles. The third kappa shape index (κ3) is 4.64. The molecule has 2 aromatic carbocycles. The molecule has 0 atom stereocenters. The van der Waals surface area contributed by atoms with Crippen molar-refractivity contribution in [2.24, 2.45) is 0 Å². The molecule has 0 aliphatic heterocycles. The lowest BCUT2D eigenvalue weighted by Crippen LogP contribution is -2.13. The van der Waals surface area contributed by atoms with Gasteiger partial charge in [0.1, 0.15) is 5.75 Å². The number of carbonyl (C=O) groups excluding carboxylic acids is 1. The van der Waals surface area contributed by atoms with Crippen LogP contribution in [0.25, 0.3) is 0 Å². The second-order valence-corrected chi connectivity index (χ2v) is 5.57. The van der Waals surface area contributed by atoms with Crippen LogP contribution in [0.1, 0.15) is 12.0 Å². The van der Waals surface area contributed by atoms with Crippen LogP contribution in [0.2, 0.25) is 0 Å². The third-order valence-electron chi connectivity index (χ3n) is 3.60. The molecule has 23 heavy (non-hydrogen) atoms. The van der Waals surface area contributed by atoms with Crippen LogP contribution in [0.15, 0.2) is 42.5 Å². The summed E-state index contributed by atoms with van der Waals surface area (Å²) in [5.41, 5.74) is 9.37. The summed E-state index contributed by atoms with van der Waals surface area (Å²) in [6, 6.07) is 13.3. The van der Waals surface area contributed by atoms with E-state index < -0.39 is 0 Å². The zero-order valence-electron chi connectivity index (χ0n) is 13.8. The fraction of sp³-hybridized carbons (Fsp3) is 0.278. The van der Waals surface area contributed by atoms with Crippen molar-refractivity contribution in [3.05, 3.63) is 48.0 Å². The number of hydrogen-bond donors (Lipinski definition) is 2. The number of anilines is 3. The van der Waals surface area contributed by atoms with Crippen molar-refractivity contribution in [2.45, 2.75) is 12.8 Å². The maximum atomic E-state index is 12.0. The number of ether oxygens (including phenoxy) is 1. The summed E-state index contributed by atoms with van der Waals surface area (Å²) in [4.78, 5) is 14.0. The number of nitrogens with two attached hydrogens (primary N) is 1. The van der Waals surface area contributed by atoms with Gasteiger partial charge >= 0.3 is 0 Å². The predicted octanol–water partition coefficient (Wildman–Crippen LogP) is 2.91. The quantitative estimate of drug-likeness (QED) is 0.805. The van der Waals surface area contributed by atoms with Crippen LogP contribution in [-0.2, 0) is 11.2 Å². The van der Waals surface area contributed by atoms with Crippen LogP contribution in [0, 0.1) is 0 Å². The van der Waals surface area contributed by atoms with E-state index in [4.69, 9.17) is 10.5 Å². The number of benzene rings is 2. The van der Waals surface area contributed by atoms with E-state index in [1.54, 1.807) is 7.11 Å². The lowest BCUT2D eigenvalue weighted by Gasteiger charge is -2.13. The van der Waals surface area contributed by atoms with E-state index in [2.05, 4.69) is 5.32 Å². The average molecular weight is 313 g/mol. The van der Waals surface area contributed by atoms with Gasteiger partial charge in [0.25, 0.3) is 0 Å². The molecule has 0 radical (unpaired) electrons. The number of nitrogens with zero attached hydrogens (tertiary/aromatic N) is 1. The summed E-state index contributed by atoms with van der Waals surface area (Å²) >= 11 is 0. The van der Waals surface area contributed by atoms with Crippen LogP contribution in [0.3, 0.4) is 0 Å². The molecule has 0 aliphatic rings. The molecule has 3 N–H and O–H groups in total. The zero-order chi connectivity index (χ0) is 16.8. The molecule has 0 bridgehead atoms. The number of nitrogen functional groups attached to an aromatic ring is 1. The van der Waals surface area contributed by atoms with Gasteiger partial charge in [-0.25, -0.2) is 0 Å². The monoisotopic (exact) mass is 313 g/mol. The molecule has 122 valence electrons. The van der Waals surface area contributed by atoms with E-state index in [1.165, 1.54) is 0 Å². The van der Waals surface area contributed by atoms with Crippen molar-refractivity contribution >= 4 is 23.0 Å². The number of rotatable bonds is 6. The minimum Gasteiger partial charge on any atom is -0.495 e. The van der Waals surface area contributed by atoms with Crippen molar-refractivity contribution in [3.8, 4) is 5.75 Å².